The minimum absolute atomic E-state index is 0. The standard InChI is InChI=1S/C24H28NO4.HI/c1-6-7-17-16-8-9-20(26-2)24(29-5)19(16)14-25-11-10-15-12-21(27-3)22(28-4)13-18(15)23(17)25;/h8-9,12-14H,6-7,10-11H2,1-5H3;1H/q+1;/p-1. The summed E-state index contributed by atoms with van der Waals surface area (Å²) in [4.78, 5) is 0. The van der Waals surface area contributed by atoms with Crippen LogP contribution in [0.3, 0.4) is 0 Å². The van der Waals surface area contributed by atoms with Crippen LogP contribution < -0.4 is 47.5 Å². The molecule has 2 heterocycles. The monoisotopic (exact) mass is 521 g/mol. The molecule has 0 saturated carbocycles. The average molecular weight is 521 g/mol. The summed E-state index contributed by atoms with van der Waals surface area (Å²) in [5.74, 6) is 3.08. The Morgan fingerprint density at radius 1 is 0.867 bits per heavy atom. The molecular formula is C24H28INO4. The third kappa shape index (κ3) is 3.55. The molecule has 1 aliphatic rings. The molecule has 0 N–H and O–H groups in total. The van der Waals surface area contributed by atoms with Crippen molar-refractivity contribution in [1.29, 1.82) is 0 Å². The van der Waals surface area contributed by atoms with Crippen LogP contribution >= 0.6 is 0 Å². The first-order chi connectivity index (χ1) is 14.2. The molecule has 0 spiro atoms. The number of aromatic nitrogens is 1. The molecule has 0 unspecified atom stereocenters. The molecule has 0 atom stereocenters. The van der Waals surface area contributed by atoms with E-state index in [-0.39, 0.29) is 24.0 Å². The van der Waals surface area contributed by atoms with Gasteiger partial charge in [0.05, 0.1) is 39.4 Å². The maximum absolute atomic E-state index is 5.74. The fraction of sp³-hybridized carbons (Fsp3) is 0.375. The number of rotatable bonds is 6. The molecule has 0 aliphatic carbocycles. The van der Waals surface area contributed by atoms with Crippen LogP contribution in [0.25, 0.3) is 22.0 Å². The van der Waals surface area contributed by atoms with E-state index in [9.17, 15) is 0 Å². The van der Waals surface area contributed by atoms with E-state index in [1.54, 1.807) is 28.4 Å². The van der Waals surface area contributed by atoms with Gasteiger partial charge in [-0.2, -0.15) is 4.57 Å². The first-order valence-electron chi connectivity index (χ1n) is 10.0. The van der Waals surface area contributed by atoms with Gasteiger partial charge in [-0.05, 0) is 36.2 Å². The largest absolute Gasteiger partial charge is 1.00 e. The predicted octanol–water partition coefficient (Wildman–Crippen LogP) is 1.34. The van der Waals surface area contributed by atoms with E-state index in [0.29, 0.717) is 0 Å². The predicted molar refractivity (Wildman–Crippen MR) is 113 cm³/mol. The molecule has 0 radical (unpaired) electrons. The smallest absolute Gasteiger partial charge is 0.216 e. The maximum atomic E-state index is 5.74. The number of hydrogen-bond donors (Lipinski definition) is 0. The van der Waals surface area contributed by atoms with E-state index in [2.05, 4.69) is 35.9 Å². The van der Waals surface area contributed by atoms with Gasteiger partial charge >= 0.3 is 0 Å². The van der Waals surface area contributed by atoms with E-state index in [4.69, 9.17) is 18.9 Å². The van der Waals surface area contributed by atoms with Gasteiger partial charge in [-0.3, -0.25) is 0 Å². The number of fused-ring (bicyclic) bond motifs is 4. The van der Waals surface area contributed by atoms with Gasteiger partial charge in [0, 0.05) is 17.4 Å². The molecular weight excluding hydrogens is 493 g/mol. The van der Waals surface area contributed by atoms with Crippen molar-refractivity contribution in [3.05, 3.63) is 41.6 Å². The summed E-state index contributed by atoms with van der Waals surface area (Å²) in [6, 6.07) is 8.38. The van der Waals surface area contributed by atoms with E-state index in [1.807, 2.05) is 6.07 Å². The van der Waals surface area contributed by atoms with Gasteiger partial charge in [0.1, 0.15) is 0 Å². The summed E-state index contributed by atoms with van der Waals surface area (Å²) >= 11 is 0. The van der Waals surface area contributed by atoms with Crippen molar-refractivity contribution < 1.29 is 47.5 Å². The Hall–Kier alpha value is -2.22. The number of benzene rings is 2. The lowest BCUT2D eigenvalue weighted by atomic mass is 9.89. The van der Waals surface area contributed by atoms with Crippen LogP contribution in [-0.4, -0.2) is 28.4 Å². The van der Waals surface area contributed by atoms with Crippen LogP contribution in [0.4, 0.5) is 0 Å². The van der Waals surface area contributed by atoms with Crippen LogP contribution in [-0.2, 0) is 19.4 Å². The third-order valence-electron chi connectivity index (χ3n) is 5.75. The van der Waals surface area contributed by atoms with Crippen molar-refractivity contribution in [2.45, 2.75) is 32.7 Å². The Balaban J connectivity index is 0.00000256. The zero-order valence-corrected chi connectivity index (χ0v) is 20.3. The van der Waals surface area contributed by atoms with Crippen molar-refractivity contribution in [1.82, 2.24) is 0 Å². The van der Waals surface area contributed by atoms with Gasteiger partial charge in [-0.1, -0.05) is 13.3 Å². The fourth-order valence-corrected chi connectivity index (χ4v) is 4.45. The van der Waals surface area contributed by atoms with Crippen molar-refractivity contribution in [3.8, 4) is 34.3 Å². The van der Waals surface area contributed by atoms with Gasteiger partial charge in [-0.25, -0.2) is 0 Å². The Kier molecular flexibility index (Phi) is 6.95. The number of methoxy groups -OCH3 is 4. The van der Waals surface area contributed by atoms with Crippen LogP contribution in [0.2, 0.25) is 0 Å². The highest BCUT2D eigenvalue weighted by molar-refractivity contribution is 5.95. The quantitative estimate of drug-likeness (QED) is 0.363. The van der Waals surface area contributed by atoms with Gasteiger partial charge in [0.15, 0.2) is 35.7 Å². The topological polar surface area (TPSA) is 40.8 Å². The second kappa shape index (κ2) is 9.29. The Labute approximate surface area is 194 Å². The Morgan fingerprint density at radius 2 is 1.57 bits per heavy atom. The molecule has 6 heteroatoms. The minimum atomic E-state index is 0. The molecule has 4 rings (SSSR count). The lowest BCUT2D eigenvalue weighted by molar-refractivity contribution is -0.686. The first kappa shape index (κ1) is 22.5. The van der Waals surface area contributed by atoms with Crippen molar-refractivity contribution in [3.63, 3.8) is 0 Å². The molecule has 1 aliphatic heterocycles. The summed E-state index contributed by atoms with van der Waals surface area (Å²) < 4.78 is 24.8. The molecule has 0 saturated heterocycles. The third-order valence-corrected chi connectivity index (χ3v) is 5.75. The van der Waals surface area contributed by atoms with Gasteiger partial charge in [0.25, 0.3) is 0 Å². The Bertz CT molecular complexity index is 1080. The summed E-state index contributed by atoms with van der Waals surface area (Å²) in [6.07, 6.45) is 5.18. The second-order valence-corrected chi connectivity index (χ2v) is 7.28. The minimum Gasteiger partial charge on any atom is -1.00 e. The molecule has 5 nitrogen and oxygen atoms in total. The highest BCUT2D eigenvalue weighted by Crippen LogP contribution is 2.42. The zero-order chi connectivity index (χ0) is 20.5. The number of ether oxygens (including phenoxy) is 4. The van der Waals surface area contributed by atoms with E-state index in [1.165, 1.54) is 27.8 Å². The van der Waals surface area contributed by atoms with Crippen molar-refractivity contribution >= 4 is 10.8 Å². The molecule has 0 fully saturated rings. The molecule has 1 aromatic heterocycles. The van der Waals surface area contributed by atoms with Crippen LogP contribution in [0.15, 0.2) is 30.5 Å². The summed E-state index contributed by atoms with van der Waals surface area (Å²) in [7, 11) is 6.75. The van der Waals surface area contributed by atoms with Gasteiger partial charge in [0.2, 0.25) is 5.69 Å². The fourth-order valence-electron chi connectivity index (χ4n) is 4.45. The number of aryl methyl sites for hydroxylation is 3. The first-order valence-corrected chi connectivity index (χ1v) is 10.0. The van der Waals surface area contributed by atoms with Crippen LogP contribution in [0, 0.1) is 0 Å². The van der Waals surface area contributed by atoms with E-state index in [0.717, 1.165) is 54.2 Å². The Morgan fingerprint density at radius 3 is 2.20 bits per heavy atom. The lowest BCUT2D eigenvalue weighted by Gasteiger charge is -2.22. The molecule has 160 valence electrons. The molecule has 30 heavy (non-hydrogen) atoms. The number of halogens is 1. The molecule has 0 amide bonds. The number of nitrogens with zero attached hydrogens (tertiary/aromatic N) is 1. The SMILES string of the molecule is CCCc1c2[n+](cc3c(OC)c(OC)ccc13)CCc1cc(OC)c(OC)cc1-2.[I-]. The molecule has 2 aromatic carbocycles. The highest BCUT2D eigenvalue weighted by Gasteiger charge is 2.31. The van der Waals surface area contributed by atoms with Crippen LogP contribution in [0.5, 0.6) is 23.0 Å². The van der Waals surface area contributed by atoms with Crippen LogP contribution in [0.1, 0.15) is 24.5 Å². The maximum Gasteiger partial charge on any atom is 0.216 e. The zero-order valence-electron chi connectivity index (χ0n) is 18.2. The van der Waals surface area contributed by atoms with E-state index < -0.39 is 0 Å². The molecule has 0 bridgehead atoms. The lowest BCUT2D eigenvalue weighted by Crippen LogP contribution is -3.00. The van der Waals surface area contributed by atoms with Gasteiger partial charge < -0.3 is 42.9 Å². The highest BCUT2D eigenvalue weighted by atomic mass is 127. The summed E-state index contributed by atoms with van der Waals surface area (Å²) in [6.45, 7) is 3.12. The summed E-state index contributed by atoms with van der Waals surface area (Å²) in [5, 5.41) is 2.29. The van der Waals surface area contributed by atoms with E-state index >= 15 is 0 Å². The number of pyridine rings is 1. The van der Waals surface area contributed by atoms with Gasteiger partial charge in [-0.15, -0.1) is 0 Å². The van der Waals surface area contributed by atoms with Crippen molar-refractivity contribution in [2.24, 2.45) is 0 Å². The number of hydrogen-bond acceptors (Lipinski definition) is 4. The normalized spacial score (nSPS) is 11.9. The van der Waals surface area contributed by atoms with Crippen molar-refractivity contribution in [2.75, 3.05) is 28.4 Å². The summed E-state index contributed by atoms with van der Waals surface area (Å²) in [5.41, 5.74) is 5.10. The average Bonchev–Trinajstić information content (AvgIpc) is 2.76. The second-order valence-electron chi connectivity index (χ2n) is 7.28. The molecule has 3 aromatic rings.